The number of benzene rings is 2. The van der Waals surface area contributed by atoms with Gasteiger partial charge in [-0.05, 0) is 55.5 Å². The van der Waals surface area contributed by atoms with Crippen molar-refractivity contribution in [2.24, 2.45) is 0 Å². The first-order valence-electron chi connectivity index (χ1n) is 7.53. The van der Waals surface area contributed by atoms with E-state index >= 15 is 0 Å². The number of hydrogen-bond donors (Lipinski definition) is 1. The second kappa shape index (κ2) is 6.10. The maximum absolute atomic E-state index is 11.3. The Bertz CT molecular complexity index is 642. The van der Waals surface area contributed by atoms with E-state index in [-0.39, 0.29) is 5.78 Å². The topological polar surface area (TPSA) is 43.8 Å². The fourth-order valence-corrected chi connectivity index (χ4v) is 2.79. The second-order valence-corrected chi connectivity index (χ2v) is 5.59. The summed E-state index contributed by atoms with van der Waals surface area (Å²) in [6, 6.07) is 15.2. The molecule has 1 fully saturated rings. The molecular weight excluding hydrogens is 276 g/mol. The molecule has 1 aliphatic rings. The summed E-state index contributed by atoms with van der Waals surface area (Å²) in [5, 5.41) is 9.36. The summed E-state index contributed by atoms with van der Waals surface area (Å²) in [4.78, 5) is 16.0. The van der Waals surface area contributed by atoms with Crippen molar-refractivity contribution in [2.75, 3.05) is 36.0 Å². The number of carbonyl (C=O) groups excluding carboxylic acids is 1. The standard InChI is InChI=1S/C18H20N2O2/c1-14(21)15-2-4-16(5-3-15)19-10-12-20(13-11-19)17-6-8-18(22)9-7-17/h2-9,22H,10-13H2,1H3. The van der Waals surface area contributed by atoms with Gasteiger partial charge in [0.2, 0.25) is 0 Å². The molecule has 0 atom stereocenters. The van der Waals surface area contributed by atoms with Crippen LogP contribution in [0.4, 0.5) is 11.4 Å². The van der Waals surface area contributed by atoms with Crippen LogP contribution in [0, 0.1) is 0 Å². The number of Topliss-reactive ketones (excluding diaryl/α,β-unsaturated/α-hetero) is 1. The number of anilines is 2. The molecule has 1 saturated heterocycles. The predicted octanol–water partition coefficient (Wildman–Crippen LogP) is 2.92. The van der Waals surface area contributed by atoms with Gasteiger partial charge in [0, 0.05) is 43.1 Å². The lowest BCUT2D eigenvalue weighted by Crippen LogP contribution is -2.46. The molecule has 22 heavy (non-hydrogen) atoms. The molecule has 1 heterocycles. The zero-order valence-electron chi connectivity index (χ0n) is 12.7. The van der Waals surface area contributed by atoms with E-state index in [4.69, 9.17) is 0 Å². The highest BCUT2D eigenvalue weighted by molar-refractivity contribution is 5.94. The number of rotatable bonds is 3. The molecule has 3 rings (SSSR count). The molecule has 114 valence electrons. The predicted molar refractivity (Wildman–Crippen MR) is 89.0 cm³/mol. The first-order chi connectivity index (χ1) is 10.6. The number of ketones is 1. The van der Waals surface area contributed by atoms with Gasteiger partial charge in [-0.2, -0.15) is 0 Å². The highest BCUT2D eigenvalue weighted by Gasteiger charge is 2.17. The van der Waals surface area contributed by atoms with E-state index in [0.29, 0.717) is 5.75 Å². The summed E-state index contributed by atoms with van der Waals surface area (Å²) in [7, 11) is 0. The maximum atomic E-state index is 11.3. The third-order valence-electron chi connectivity index (χ3n) is 4.13. The van der Waals surface area contributed by atoms with E-state index in [0.717, 1.165) is 43.1 Å². The van der Waals surface area contributed by atoms with Gasteiger partial charge < -0.3 is 14.9 Å². The maximum Gasteiger partial charge on any atom is 0.159 e. The molecule has 0 amide bonds. The van der Waals surface area contributed by atoms with Gasteiger partial charge in [0.25, 0.3) is 0 Å². The molecule has 4 nitrogen and oxygen atoms in total. The number of piperazine rings is 1. The number of hydrogen-bond acceptors (Lipinski definition) is 4. The van der Waals surface area contributed by atoms with Crippen molar-refractivity contribution >= 4 is 17.2 Å². The SMILES string of the molecule is CC(=O)c1ccc(N2CCN(c3ccc(O)cc3)CC2)cc1. The third-order valence-corrected chi connectivity index (χ3v) is 4.13. The van der Waals surface area contributed by atoms with Crippen molar-refractivity contribution < 1.29 is 9.90 Å². The monoisotopic (exact) mass is 296 g/mol. The molecule has 0 aromatic heterocycles. The van der Waals surface area contributed by atoms with Gasteiger partial charge in [-0.25, -0.2) is 0 Å². The summed E-state index contributed by atoms with van der Waals surface area (Å²) in [5.74, 6) is 0.400. The number of carbonyl (C=O) groups is 1. The quantitative estimate of drug-likeness (QED) is 0.885. The second-order valence-electron chi connectivity index (χ2n) is 5.59. The lowest BCUT2D eigenvalue weighted by Gasteiger charge is -2.37. The Kier molecular flexibility index (Phi) is 4.00. The van der Waals surface area contributed by atoms with Crippen LogP contribution in [0.5, 0.6) is 5.75 Å². The zero-order valence-corrected chi connectivity index (χ0v) is 12.7. The van der Waals surface area contributed by atoms with Crippen LogP contribution in [0.3, 0.4) is 0 Å². The Labute approximate surface area is 130 Å². The van der Waals surface area contributed by atoms with Gasteiger partial charge in [-0.3, -0.25) is 4.79 Å². The Balaban J connectivity index is 1.63. The summed E-state index contributed by atoms with van der Waals surface area (Å²) in [6.45, 7) is 5.37. The minimum Gasteiger partial charge on any atom is -0.508 e. The fourth-order valence-electron chi connectivity index (χ4n) is 2.79. The first-order valence-corrected chi connectivity index (χ1v) is 7.53. The molecule has 0 unspecified atom stereocenters. The number of phenolic OH excluding ortho intramolecular Hbond substituents is 1. The van der Waals surface area contributed by atoms with Crippen molar-refractivity contribution in [2.45, 2.75) is 6.92 Å². The van der Waals surface area contributed by atoms with Crippen LogP contribution < -0.4 is 9.80 Å². The van der Waals surface area contributed by atoms with E-state index in [9.17, 15) is 9.90 Å². The third kappa shape index (κ3) is 3.06. The molecule has 4 heteroatoms. The molecule has 2 aromatic rings. The molecule has 0 bridgehead atoms. The van der Waals surface area contributed by atoms with Gasteiger partial charge >= 0.3 is 0 Å². The highest BCUT2D eigenvalue weighted by Crippen LogP contribution is 2.22. The zero-order chi connectivity index (χ0) is 15.5. The van der Waals surface area contributed by atoms with Crippen LogP contribution >= 0.6 is 0 Å². The Hall–Kier alpha value is -2.49. The molecule has 2 aromatic carbocycles. The lowest BCUT2D eigenvalue weighted by atomic mass is 10.1. The molecule has 1 N–H and O–H groups in total. The van der Waals surface area contributed by atoms with Gasteiger partial charge in [-0.15, -0.1) is 0 Å². The fraction of sp³-hybridized carbons (Fsp3) is 0.278. The lowest BCUT2D eigenvalue weighted by molar-refractivity contribution is 0.101. The highest BCUT2D eigenvalue weighted by atomic mass is 16.3. The van der Waals surface area contributed by atoms with E-state index < -0.39 is 0 Å². The van der Waals surface area contributed by atoms with E-state index in [1.807, 2.05) is 36.4 Å². The average Bonchev–Trinajstić information content (AvgIpc) is 2.56. The van der Waals surface area contributed by atoms with Crippen molar-refractivity contribution in [3.8, 4) is 5.75 Å². The molecule has 0 saturated carbocycles. The van der Waals surface area contributed by atoms with Crippen LogP contribution in [0.25, 0.3) is 0 Å². The minimum absolute atomic E-state index is 0.101. The average molecular weight is 296 g/mol. The van der Waals surface area contributed by atoms with Crippen LogP contribution in [0.1, 0.15) is 17.3 Å². The van der Waals surface area contributed by atoms with Gasteiger partial charge in [-0.1, -0.05) is 0 Å². The van der Waals surface area contributed by atoms with E-state index in [2.05, 4.69) is 9.80 Å². The molecule has 0 radical (unpaired) electrons. The minimum atomic E-state index is 0.101. The van der Waals surface area contributed by atoms with Gasteiger partial charge in [0.15, 0.2) is 5.78 Å². The Morgan fingerprint density at radius 3 is 1.64 bits per heavy atom. The largest absolute Gasteiger partial charge is 0.508 e. The normalized spacial score (nSPS) is 15.0. The van der Waals surface area contributed by atoms with E-state index in [1.165, 1.54) is 0 Å². The molecule has 0 spiro atoms. The van der Waals surface area contributed by atoms with Gasteiger partial charge in [0.1, 0.15) is 5.75 Å². The van der Waals surface area contributed by atoms with E-state index in [1.54, 1.807) is 19.1 Å². The number of nitrogens with zero attached hydrogens (tertiary/aromatic N) is 2. The van der Waals surface area contributed by atoms with Crippen LogP contribution in [-0.2, 0) is 0 Å². The van der Waals surface area contributed by atoms with Crippen LogP contribution in [0.2, 0.25) is 0 Å². The molecule has 0 aliphatic carbocycles. The molecular formula is C18H20N2O2. The summed E-state index contributed by atoms with van der Waals surface area (Å²) in [6.07, 6.45) is 0. The van der Waals surface area contributed by atoms with Crippen molar-refractivity contribution in [1.29, 1.82) is 0 Å². The molecule has 1 aliphatic heterocycles. The van der Waals surface area contributed by atoms with Crippen molar-refractivity contribution in [3.63, 3.8) is 0 Å². The summed E-state index contributed by atoms with van der Waals surface area (Å²) < 4.78 is 0. The smallest absolute Gasteiger partial charge is 0.159 e. The van der Waals surface area contributed by atoms with Gasteiger partial charge in [0.05, 0.1) is 0 Å². The van der Waals surface area contributed by atoms with Crippen molar-refractivity contribution in [1.82, 2.24) is 0 Å². The number of aromatic hydroxyl groups is 1. The number of phenols is 1. The van der Waals surface area contributed by atoms with Crippen molar-refractivity contribution in [3.05, 3.63) is 54.1 Å². The van der Waals surface area contributed by atoms with Crippen LogP contribution in [-0.4, -0.2) is 37.1 Å². The summed E-state index contributed by atoms with van der Waals surface area (Å²) in [5.41, 5.74) is 3.06. The first kappa shape index (κ1) is 14.4. The van der Waals surface area contributed by atoms with Crippen LogP contribution in [0.15, 0.2) is 48.5 Å². The summed E-state index contributed by atoms with van der Waals surface area (Å²) >= 11 is 0. The Morgan fingerprint density at radius 2 is 1.23 bits per heavy atom. The Morgan fingerprint density at radius 1 is 0.818 bits per heavy atom.